The highest BCUT2D eigenvalue weighted by molar-refractivity contribution is 6.29. The lowest BCUT2D eigenvalue weighted by Crippen LogP contribution is -2.14. The first kappa shape index (κ1) is 15.4. The molecule has 0 aliphatic heterocycles. The van der Waals surface area contributed by atoms with Crippen LogP contribution in [-0.4, -0.2) is 10.9 Å². The smallest absolute Gasteiger partial charge is 0.255 e. The Kier molecular flexibility index (Phi) is 4.91. The average molecular weight is 307 g/mol. The van der Waals surface area contributed by atoms with Crippen LogP contribution in [0.15, 0.2) is 30.3 Å². The van der Waals surface area contributed by atoms with Crippen LogP contribution in [0.25, 0.3) is 0 Å². The zero-order chi connectivity index (χ0) is 15.4. The summed E-state index contributed by atoms with van der Waals surface area (Å²) in [5.74, 6) is -0.722. The van der Waals surface area contributed by atoms with Gasteiger partial charge < -0.3 is 5.32 Å². The Morgan fingerprint density at radius 2 is 2.10 bits per heavy atom. The van der Waals surface area contributed by atoms with Gasteiger partial charge in [0.1, 0.15) is 11.0 Å². The van der Waals surface area contributed by atoms with E-state index in [0.717, 1.165) is 24.1 Å². The SMILES string of the molecule is CCCc1cc(C(=O)Nc2cc(F)ccc2C)cc(Cl)n1. The third-order valence-corrected chi connectivity index (χ3v) is 3.26. The molecule has 0 aliphatic carbocycles. The highest BCUT2D eigenvalue weighted by atomic mass is 35.5. The van der Waals surface area contributed by atoms with E-state index in [4.69, 9.17) is 11.6 Å². The number of aryl methyl sites for hydroxylation is 2. The molecule has 1 heterocycles. The molecular weight excluding hydrogens is 291 g/mol. The fourth-order valence-corrected chi connectivity index (χ4v) is 2.22. The number of rotatable bonds is 4. The maximum atomic E-state index is 13.2. The van der Waals surface area contributed by atoms with Gasteiger partial charge in [-0.05, 0) is 43.2 Å². The van der Waals surface area contributed by atoms with Crippen molar-refractivity contribution in [3.8, 4) is 0 Å². The fraction of sp³-hybridized carbons (Fsp3) is 0.250. The van der Waals surface area contributed by atoms with E-state index in [9.17, 15) is 9.18 Å². The van der Waals surface area contributed by atoms with Crippen LogP contribution in [0.5, 0.6) is 0 Å². The molecule has 21 heavy (non-hydrogen) atoms. The molecular formula is C16H16ClFN2O. The van der Waals surface area contributed by atoms with Gasteiger partial charge in [-0.15, -0.1) is 0 Å². The first-order valence-electron chi connectivity index (χ1n) is 6.73. The van der Waals surface area contributed by atoms with Crippen LogP contribution in [0.4, 0.5) is 10.1 Å². The lowest BCUT2D eigenvalue weighted by atomic mass is 10.1. The Hall–Kier alpha value is -1.94. The monoisotopic (exact) mass is 306 g/mol. The number of amides is 1. The minimum atomic E-state index is -0.393. The summed E-state index contributed by atoms with van der Waals surface area (Å²) in [6, 6.07) is 7.48. The third-order valence-electron chi connectivity index (χ3n) is 3.06. The summed E-state index contributed by atoms with van der Waals surface area (Å²) in [5.41, 5.74) is 2.43. The molecule has 0 bridgehead atoms. The van der Waals surface area contributed by atoms with Crippen molar-refractivity contribution in [2.24, 2.45) is 0 Å². The molecule has 1 aromatic heterocycles. The zero-order valence-electron chi connectivity index (χ0n) is 11.9. The molecule has 0 spiro atoms. The van der Waals surface area contributed by atoms with Crippen molar-refractivity contribution >= 4 is 23.2 Å². The van der Waals surface area contributed by atoms with Crippen LogP contribution in [0, 0.1) is 12.7 Å². The number of nitrogens with one attached hydrogen (secondary N) is 1. The molecule has 5 heteroatoms. The largest absolute Gasteiger partial charge is 0.322 e. The van der Waals surface area contributed by atoms with Gasteiger partial charge in [-0.25, -0.2) is 9.37 Å². The topological polar surface area (TPSA) is 42.0 Å². The van der Waals surface area contributed by atoms with Crippen LogP contribution < -0.4 is 5.32 Å². The molecule has 0 radical (unpaired) electrons. The second kappa shape index (κ2) is 6.68. The number of benzene rings is 1. The molecule has 110 valence electrons. The van der Waals surface area contributed by atoms with Crippen LogP contribution in [0.2, 0.25) is 5.15 Å². The molecule has 2 rings (SSSR count). The predicted octanol–water partition coefficient (Wildman–Crippen LogP) is 4.39. The van der Waals surface area contributed by atoms with Crippen molar-refractivity contribution in [1.29, 1.82) is 0 Å². The Labute approximate surface area is 128 Å². The number of nitrogens with zero attached hydrogens (tertiary/aromatic N) is 1. The highest BCUT2D eigenvalue weighted by Crippen LogP contribution is 2.18. The van der Waals surface area contributed by atoms with E-state index in [1.54, 1.807) is 19.1 Å². The average Bonchev–Trinajstić information content (AvgIpc) is 2.42. The predicted molar refractivity (Wildman–Crippen MR) is 82.3 cm³/mol. The normalized spacial score (nSPS) is 10.5. The van der Waals surface area contributed by atoms with E-state index < -0.39 is 5.82 Å². The van der Waals surface area contributed by atoms with Gasteiger partial charge in [-0.3, -0.25) is 4.79 Å². The van der Waals surface area contributed by atoms with Crippen molar-refractivity contribution < 1.29 is 9.18 Å². The molecule has 0 aliphatic rings. The first-order valence-corrected chi connectivity index (χ1v) is 7.11. The van der Waals surface area contributed by atoms with Crippen LogP contribution in [-0.2, 0) is 6.42 Å². The molecule has 1 aromatic carbocycles. The molecule has 2 aromatic rings. The number of anilines is 1. The van der Waals surface area contributed by atoms with Crippen LogP contribution in [0.1, 0.15) is 35.0 Å². The van der Waals surface area contributed by atoms with Gasteiger partial charge in [0.2, 0.25) is 0 Å². The van der Waals surface area contributed by atoms with E-state index >= 15 is 0 Å². The summed E-state index contributed by atoms with van der Waals surface area (Å²) < 4.78 is 13.2. The molecule has 1 amide bonds. The molecule has 0 saturated heterocycles. The van der Waals surface area contributed by atoms with Gasteiger partial charge in [0.05, 0.1) is 0 Å². The quantitative estimate of drug-likeness (QED) is 0.851. The number of hydrogen-bond acceptors (Lipinski definition) is 2. The number of carbonyl (C=O) groups excluding carboxylic acids is 1. The van der Waals surface area contributed by atoms with Gasteiger partial charge in [0, 0.05) is 16.9 Å². The summed E-state index contributed by atoms with van der Waals surface area (Å²) in [5, 5.41) is 2.98. The minimum Gasteiger partial charge on any atom is -0.322 e. The fourth-order valence-electron chi connectivity index (χ4n) is 1.99. The van der Waals surface area contributed by atoms with E-state index in [0.29, 0.717) is 11.3 Å². The van der Waals surface area contributed by atoms with E-state index in [1.807, 2.05) is 6.92 Å². The summed E-state index contributed by atoms with van der Waals surface area (Å²) in [4.78, 5) is 16.4. The van der Waals surface area contributed by atoms with E-state index in [1.165, 1.54) is 18.2 Å². The molecule has 1 N–H and O–H groups in total. The van der Waals surface area contributed by atoms with Crippen molar-refractivity contribution in [3.63, 3.8) is 0 Å². The summed E-state index contributed by atoms with van der Waals surface area (Å²) in [7, 11) is 0. The molecule has 0 fully saturated rings. The number of carbonyl (C=O) groups is 1. The van der Waals surface area contributed by atoms with Gasteiger partial charge in [0.15, 0.2) is 0 Å². The second-order valence-electron chi connectivity index (χ2n) is 4.83. The van der Waals surface area contributed by atoms with Gasteiger partial charge >= 0.3 is 0 Å². The van der Waals surface area contributed by atoms with Crippen molar-refractivity contribution in [1.82, 2.24) is 4.98 Å². The second-order valence-corrected chi connectivity index (χ2v) is 5.22. The highest BCUT2D eigenvalue weighted by Gasteiger charge is 2.11. The lowest BCUT2D eigenvalue weighted by molar-refractivity contribution is 0.102. The molecule has 0 atom stereocenters. The number of aromatic nitrogens is 1. The Morgan fingerprint density at radius 3 is 2.81 bits per heavy atom. The van der Waals surface area contributed by atoms with Gasteiger partial charge in [-0.2, -0.15) is 0 Å². The van der Waals surface area contributed by atoms with Crippen molar-refractivity contribution in [2.45, 2.75) is 26.7 Å². The van der Waals surface area contributed by atoms with E-state index in [-0.39, 0.29) is 11.1 Å². The lowest BCUT2D eigenvalue weighted by Gasteiger charge is -2.09. The van der Waals surface area contributed by atoms with Crippen LogP contribution >= 0.6 is 11.6 Å². The first-order chi connectivity index (χ1) is 9.99. The summed E-state index contributed by atoms with van der Waals surface area (Å²) in [6.45, 7) is 3.83. The third kappa shape index (κ3) is 4.02. The number of halogens is 2. The summed E-state index contributed by atoms with van der Waals surface area (Å²) >= 11 is 5.94. The maximum absolute atomic E-state index is 13.2. The minimum absolute atomic E-state index is 0.280. The zero-order valence-corrected chi connectivity index (χ0v) is 12.7. The van der Waals surface area contributed by atoms with Gasteiger partial charge in [0.25, 0.3) is 5.91 Å². The molecule has 3 nitrogen and oxygen atoms in total. The Bertz CT molecular complexity index is 673. The van der Waals surface area contributed by atoms with Crippen molar-refractivity contribution in [3.05, 3.63) is 58.1 Å². The Morgan fingerprint density at radius 1 is 1.33 bits per heavy atom. The Balaban J connectivity index is 2.25. The number of pyridine rings is 1. The summed E-state index contributed by atoms with van der Waals surface area (Å²) in [6.07, 6.45) is 1.66. The van der Waals surface area contributed by atoms with Gasteiger partial charge in [-0.1, -0.05) is 31.0 Å². The molecule has 0 unspecified atom stereocenters. The molecule has 0 saturated carbocycles. The van der Waals surface area contributed by atoms with Crippen LogP contribution in [0.3, 0.4) is 0 Å². The van der Waals surface area contributed by atoms with Crippen molar-refractivity contribution in [2.75, 3.05) is 5.32 Å². The maximum Gasteiger partial charge on any atom is 0.255 e. The number of hydrogen-bond donors (Lipinski definition) is 1. The van der Waals surface area contributed by atoms with E-state index in [2.05, 4.69) is 10.3 Å². The standard InChI is InChI=1S/C16H16ClFN2O/c1-3-4-13-7-11(8-15(17)19-13)16(21)20-14-9-12(18)6-5-10(14)2/h5-9H,3-4H2,1-2H3,(H,20,21).